The summed E-state index contributed by atoms with van der Waals surface area (Å²) in [6.45, 7) is 0. The number of methoxy groups -OCH3 is 1. The van der Waals surface area contributed by atoms with Gasteiger partial charge in [-0.2, -0.15) is 0 Å². The largest absolute Gasteiger partial charge is 0.504 e. The number of aromatic nitrogens is 1. The zero-order chi connectivity index (χ0) is 19.1. The van der Waals surface area contributed by atoms with Gasteiger partial charge in [0, 0.05) is 18.8 Å². The van der Waals surface area contributed by atoms with Crippen molar-refractivity contribution in [2.24, 2.45) is 0 Å². The highest BCUT2D eigenvalue weighted by Gasteiger charge is 2.04. The number of hydrogen-bond acceptors (Lipinski definition) is 5. The van der Waals surface area contributed by atoms with Crippen LogP contribution in [-0.4, -0.2) is 23.0 Å². The third kappa shape index (κ3) is 5.19. The Morgan fingerprint density at radius 2 is 1.89 bits per heavy atom. The van der Waals surface area contributed by atoms with Crippen molar-refractivity contribution in [1.82, 2.24) is 4.98 Å². The van der Waals surface area contributed by atoms with Gasteiger partial charge in [-0.25, -0.2) is 0 Å². The molecule has 5 nitrogen and oxygen atoms in total. The predicted molar refractivity (Wildman–Crippen MR) is 103 cm³/mol. The van der Waals surface area contributed by atoms with Gasteiger partial charge in [0.25, 0.3) is 0 Å². The number of rotatable bonds is 7. The van der Waals surface area contributed by atoms with Gasteiger partial charge in [-0.1, -0.05) is 24.3 Å². The van der Waals surface area contributed by atoms with Crippen molar-refractivity contribution in [1.29, 1.82) is 0 Å². The highest BCUT2D eigenvalue weighted by Crippen LogP contribution is 2.26. The van der Waals surface area contributed by atoms with Crippen molar-refractivity contribution in [3.05, 3.63) is 84.2 Å². The van der Waals surface area contributed by atoms with E-state index in [4.69, 9.17) is 9.47 Å². The third-order valence-electron chi connectivity index (χ3n) is 3.83. The van der Waals surface area contributed by atoms with E-state index in [2.05, 4.69) is 4.98 Å². The van der Waals surface area contributed by atoms with Crippen molar-refractivity contribution >= 4 is 11.9 Å². The van der Waals surface area contributed by atoms with Crippen molar-refractivity contribution in [2.75, 3.05) is 7.11 Å². The molecular weight excluding hydrogens is 342 g/mol. The topological polar surface area (TPSA) is 68.7 Å². The standard InChI is InChI=1S/C22H19NO4/c1-26-22-8-6-16(15-21(22)25)5-7-18(24)13-17-3-2-4-20(14-17)27-19-9-11-23-12-10-19/h2-12,14-15,25H,13H2,1H3/b7-5+. The molecule has 0 spiro atoms. The van der Waals surface area contributed by atoms with E-state index in [1.54, 1.807) is 48.8 Å². The monoisotopic (exact) mass is 361 g/mol. The summed E-state index contributed by atoms with van der Waals surface area (Å²) in [4.78, 5) is 16.2. The SMILES string of the molecule is COc1ccc(/C=C/C(=O)Cc2cccc(Oc3ccncc3)c2)cc1O. The molecule has 0 unspecified atom stereocenters. The average Bonchev–Trinajstić information content (AvgIpc) is 2.67. The molecule has 1 aromatic heterocycles. The fourth-order valence-corrected chi connectivity index (χ4v) is 2.52. The van der Waals surface area contributed by atoms with E-state index in [-0.39, 0.29) is 18.0 Å². The van der Waals surface area contributed by atoms with Crippen LogP contribution < -0.4 is 9.47 Å². The number of ether oxygens (including phenoxy) is 2. The Labute approximate surface area is 157 Å². The summed E-state index contributed by atoms with van der Waals surface area (Å²) in [5, 5.41) is 9.78. The Kier molecular flexibility index (Phi) is 5.84. The molecule has 0 fully saturated rings. The normalized spacial score (nSPS) is 10.7. The van der Waals surface area contributed by atoms with Gasteiger partial charge < -0.3 is 14.6 Å². The van der Waals surface area contributed by atoms with Gasteiger partial charge in [0.1, 0.15) is 11.5 Å². The van der Waals surface area contributed by atoms with Gasteiger partial charge >= 0.3 is 0 Å². The maximum Gasteiger partial charge on any atom is 0.160 e. The Morgan fingerprint density at radius 3 is 2.63 bits per heavy atom. The number of allylic oxidation sites excluding steroid dienone is 1. The third-order valence-corrected chi connectivity index (χ3v) is 3.83. The zero-order valence-corrected chi connectivity index (χ0v) is 14.8. The molecule has 136 valence electrons. The number of aromatic hydroxyl groups is 1. The summed E-state index contributed by atoms with van der Waals surface area (Å²) in [5.74, 6) is 1.73. The zero-order valence-electron chi connectivity index (χ0n) is 14.8. The second kappa shape index (κ2) is 8.67. The van der Waals surface area contributed by atoms with E-state index in [9.17, 15) is 9.90 Å². The van der Waals surface area contributed by atoms with E-state index in [1.807, 2.05) is 24.3 Å². The molecule has 2 aromatic carbocycles. The van der Waals surface area contributed by atoms with Gasteiger partial charge in [0.05, 0.1) is 7.11 Å². The number of ketones is 1. The quantitative estimate of drug-likeness (QED) is 0.631. The molecule has 0 bridgehead atoms. The number of carbonyl (C=O) groups excluding carboxylic acids is 1. The summed E-state index contributed by atoms with van der Waals surface area (Å²) in [5.41, 5.74) is 1.57. The smallest absolute Gasteiger partial charge is 0.160 e. The predicted octanol–water partition coefficient (Wildman–Crippen LogP) is 4.41. The van der Waals surface area contributed by atoms with Gasteiger partial charge in [0.15, 0.2) is 17.3 Å². The molecule has 1 heterocycles. The van der Waals surface area contributed by atoms with Crippen LogP contribution in [0.5, 0.6) is 23.0 Å². The molecule has 0 amide bonds. The number of hydrogen-bond donors (Lipinski definition) is 1. The summed E-state index contributed by atoms with van der Waals surface area (Å²) < 4.78 is 10.8. The van der Waals surface area contributed by atoms with Crippen molar-refractivity contribution in [3.8, 4) is 23.0 Å². The Balaban J connectivity index is 1.64. The van der Waals surface area contributed by atoms with Gasteiger partial charge in [-0.15, -0.1) is 0 Å². The summed E-state index contributed by atoms with van der Waals surface area (Å²) >= 11 is 0. The molecule has 0 aliphatic heterocycles. The highest BCUT2D eigenvalue weighted by molar-refractivity contribution is 5.95. The highest BCUT2D eigenvalue weighted by atomic mass is 16.5. The van der Waals surface area contributed by atoms with Crippen molar-refractivity contribution in [2.45, 2.75) is 6.42 Å². The number of phenolic OH excluding ortho intramolecular Hbond substituents is 1. The van der Waals surface area contributed by atoms with E-state index in [1.165, 1.54) is 13.2 Å². The minimum atomic E-state index is -0.0497. The molecule has 5 heteroatoms. The molecule has 27 heavy (non-hydrogen) atoms. The van der Waals surface area contributed by atoms with E-state index < -0.39 is 0 Å². The van der Waals surface area contributed by atoms with E-state index >= 15 is 0 Å². The van der Waals surface area contributed by atoms with Gasteiger partial charge in [-0.3, -0.25) is 9.78 Å². The van der Waals surface area contributed by atoms with Crippen LogP contribution in [0, 0.1) is 0 Å². The summed E-state index contributed by atoms with van der Waals surface area (Å²) in [7, 11) is 1.49. The molecule has 0 atom stereocenters. The molecular formula is C22H19NO4. The molecule has 3 aromatic rings. The molecule has 0 saturated heterocycles. The molecule has 0 aliphatic carbocycles. The van der Waals surface area contributed by atoms with Crippen LogP contribution in [0.3, 0.4) is 0 Å². The fourth-order valence-electron chi connectivity index (χ4n) is 2.52. The second-order valence-corrected chi connectivity index (χ2v) is 5.84. The molecule has 0 aliphatic rings. The fraction of sp³-hybridized carbons (Fsp3) is 0.0909. The maximum absolute atomic E-state index is 12.2. The van der Waals surface area contributed by atoms with Crippen LogP contribution in [0.2, 0.25) is 0 Å². The summed E-state index contributed by atoms with van der Waals surface area (Å²) in [6, 6.07) is 15.9. The number of carbonyl (C=O) groups is 1. The van der Waals surface area contributed by atoms with Gasteiger partial charge in [0.2, 0.25) is 0 Å². The van der Waals surface area contributed by atoms with Gasteiger partial charge in [-0.05, 0) is 53.6 Å². The van der Waals surface area contributed by atoms with Crippen LogP contribution >= 0.6 is 0 Å². The number of benzene rings is 2. The number of pyridine rings is 1. The number of nitrogens with zero attached hydrogens (tertiary/aromatic N) is 1. The first-order chi connectivity index (χ1) is 13.1. The van der Waals surface area contributed by atoms with Crippen LogP contribution in [-0.2, 0) is 11.2 Å². The van der Waals surface area contributed by atoms with E-state index in [0.29, 0.717) is 17.2 Å². The maximum atomic E-state index is 12.2. The lowest BCUT2D eigenvalue weighted by Crippen LogP contribution is -1.98. The van der Waals surface area contributed by atoms with Crippen LogP contribution in [0.15, 0.2) is 73.1 Å². The van der Waals surface area contributed by atoms with Crippen LogP contribution in [0.1, 0.15) is 11.1 Å². The van der Waals surface area contributed by atoms with Crippen molar-refractivity contribution < 1.29 is 19.4 Å². The van der Waals surface area contributed by atoms with Crippen molar-refractivity contribution in [3.63, 3.8) is 0 Å². The lowest BCUT2D eigenvalue weighted by molar-refractivity contribution is -0.113. The minimum absolute atomic E-state index is 0.0352. The molecule has 0 saturated carbocycles. The summed E-state index contributed by atoms with van der Waals surface area (Å²) in [6.07, 6.45) is 6.73. The van der Waals surface area contributed by atoms with Crippen LogP contribution in [0.25, 0.3) is 6.08 Å². The first-order valence-corrected chi connectivity index (χ1v) is 8.39. The Bertz CT molecular complexity index is 952. The molecule has 0 radical (unpaired) electrons. The molecule has 1 N–H and O–H groups in total. The lowest BCUT2D eigenvalue weighted by Gasteiger charge is -2.06. The lowest BCUT2D eigenvalue weighted by atomic mass is 10.1. The first-order valence-electron chi connectivity index (χ1n) is 8.39. The number of phenols is 1. The van der Waals surface area contributed by atoms with E-state index in [0.717, 1.165) is 11.1 Å². The van der Waals surface area contributed by atoms with Crippen LogP contribution in [0.4, 0.5) is 0 Å². The Morgan fingerprint density at radius 1 is 1.07 bits per heavy atom. The Hall–Kier alpha value is -3.60. The average molecular weight is 361 g/mol. The molecule has 3 rings (SSSR count). The minimum Gasteiger partial charge on any atom is -0.504 e. The second-order valence-electron chi connectivity index (χ2n) is 5.84. The first kappa shape index (κ1) is 18.2.